The first kappa shape index (κ1) is 26.0. The van der Waals surface area contributed by atoms with Gasteiger partial charge >= 0.3 is 0 Å². The van der Waals surface area contributed by atoms with E-state index in [1.54, 1.807) is 34.3 Å². The summed E-state index contributed by atoms with van der Waals surface area (Å²) in [4.78, 5) is 0.0117. The molecule has 2 unspecified atom stereocenters. The van der Waals surface area contributed by atoms with Crippen molar-refractivity contribution in [1.29, 1.82) is 0 Å². The predicted octanol–water partition coefficient (Wildman–Crippen LogP) is 4.98. The Morgan fingerprint density at radius 3 is 1.97 bits per heavy atom. The Kier molecular flexibility index (Phi) is 8.54. The van der Waals surface area contributed by atoms with E-state index in [4.69, 9.17) is 23.7 Å². The van der Waals surface area contributed by atoms with Crippen LogP contribution in [0.4, 0.5) is 0 Å². The molecule has 9 heteroatoms. The molecule has 1 aliphatic heterocycles. The van der Waals surface area contributed by atoms with Crippen LogP contribution in [0.1, 0.15) is 62.9 Å². The monoisotopic (exact) mass is 494 g/mol. The lowest BCUT2D eigenvalue weighted by atomic mass is 10.0. The minimum Gasteiger partial charge on any atom is -0.504 e. The predicted molar refractivity (Wildman–Crippen MR) is 128 cm³/mol. The zero-order valence-electron chi connectivity index (χ0n) is 20.4. The van der Waals surface area contributed by atoms with Gasteiger partial charge in [0.1, 0.15) is 4.90 Å². The first-order valence-electron chi connectivity index (χ1n) is 11.5. The summed E-state index contributed by atoms with van der Waals surface area (Å²) in [6.45, 7) is 4.03. The molecular formula is C25H34O8S. The van der Waals surface area contributed by atoms with Crippen LogP contribution in [0.25, 0.3) is 0 Å². The van der Waals surface area contributed by atoms with Crippen LogP contribution in [0.5, 0.6) is 28.7 Å². The summed E-state index contributed by atoms with van der Waals surface area (Å²) in [7, 11) is 1.04. The van der Waals surface area contributed by atoms with Crippen LogP contribution in [0.2, 0.25) is 0 Å². The first-order valence-corrected chi connectivity index (χ1v) is 13.1. The van der Waals surface area contributed by atoms with Crippen LogP contribution >= 0.6 is 0 Å². The van der Waals surface area contributed by atoms with Crippen molar-refractivity contribution >= 4 is 9.84 Å². The van der Waals surface area contributed by atoms with E-state index >= 15 is 0 Å². The van der Waals surface area contributed by atoms with Gasteiger partial charge in [0.05, 0.1) is 45.9 Å². The first-order chi connectivity index (χ1) is 16.3. The molecule has 0 saturated carbocycles. The van der Waals surface area contributed by atoms with E-state index in [-0.39, 0.29) is 34.4 Å². The molecule has 2 aromatic carbocycles. The molecule has 1 fully saturated rings. The molecule has 1 saturated heterocycles. The summed E-state index contributed by atoms with van der Waals surface area (Å²) in [6.07, 6.45) is 1.87. The number of aromatic hydroxyl groups is 1. The Balaban J connectivity index is 1.95. The summed E-state index contributed by atoms with van der Waals surface area (Å²) in [5, 5.41) is 10.7. The van der Waals surface area contributed by atoms with Crippen LogP contribution in [-0.4, -0.2) is 47.2 Å². The Morgan fingerprint density at radius 1 is 0.882 bits per heavy atom. The highest BCUT2D eigenvalue weighted by Crippen LogP contribution is 2.47. The second-order valence-corrected chi connectivity index (χ2v) is 10.3. The molecule has 2 aromatic rings. The van der Waals surface area contributed by atoms with Crippen molar-refractivity contribution in [2.45, 2.75) is 56.6 Å². The lowest BCUT2D eigenvalue weighted by molar-refractivity contribution is 0.0435. The zero-order valence-corrected chi connectivity index (χ0v) is 21.2. The summed E-state index contributed by atoms with van der Waals surface area (Å²) in [5.41, 5.74) is 1.47. The van der Waals surface area contributed by atoms with Gasteiger partial charge in [-0.15, -0.1) is 0 Å². The number of sulfone groups is 1. The van der Waals surface area contributed by atoms with Crippen molar-refractivity contribution in [2.75, 3.05) is 33.7 Å². The SMILES string of the molecule is CCCOc1c(O)cc(C2CCC(c3cc(OC)c(OC)c(OC)c3)O2)cc1S(=O)(=O)CCC. The standard InChI is InChI=1S/C25H34O8S/c1-6-10-32-24-18(26)12-16(15-23(24)34(27,28)11-7-2)19-8-9-20(33-19)17-13-21(29-3)25(31-5)22(14-17)30-4/h12-15,19-20,26H,6-11H2,1-5H3. The van der Waals surface area contributed by atoms with E-state index < -0.39 is 9.84 Å². The maximum absolute atomic E-state index is 13.0. The summed E-state index contributed by atoms with van der Waals surface area (Å²) in [6, 6.07) is 6.82. The maximum atomic E-state index is 13.0. The molecule has 0 aliphatic carbocycles. The molecule has 1 N–H and O–H groups in total. The number of phenols is 1. The van der Waals surface area contributed by atoms with Crippen LogP contribution in [0.15, 0.2) is 29.2 Å². The minimum atomic E-state index is -3.62. The van der Waals surface area contributed by atoms with Crippen molar-refractivity contribution in [3.8, 4) is 28.7 Å². The fraction of sp³-hybridized carbons (Fsp3) is 0.520. The molecule has 188 valence electrons. The van der Waals surface area contributed by atoms with Gasteiger partial charge in [0, 0.05) is 0 Å². The van der Waals surface area contributed by atoms with Crippen molar-refractivity contribution in [2.24, 2.45) is 0 Å². The zero-order chi connectivity index (χ0) is 24.9. The number of benzene rings is 2. The Labute approximate surface area is 201 Å². The van der Waals surface area contributed by atoms with Crippen LogP contribution < -0.4 is 18.9 Å². The quantitative estimate of drug-likeness (QED) is 0.467. The molecule has 1 heterocycles. The van der Waals surface area contributed by atoms with Gasteiger partial charge in [0.25, 0.3) is 0 Å². The third kappa shape index (κ3) is 5.36. The third-order valence-electron chi connectivity index (χ3n) is 5.77. The van der Waals surface area contributed by atoms with E-state index in [1.165, 1.54) is 6.07 Å². The van der Waals surface area contributed by atoms with E-state index in [2.05, 4.69) is 0 Å². The van der Waals surface area contributed by atoms with Gasteiger partial charge in [0.15, 0.2) is 32.8 Å². The van der Waals surface area contributed by atoms with E-state index in [9.17, 15) is 13.5 Å². The summed E-state index contributed by atoms with van der Waals surface area (Å²) in [5.74, 6) is 1.36. The van der Waals surface area contributed by atoms with Crippen LogP contribution in [0, 0.1) is 0 Å². The highest BCUT2D eigenvalue weighted by molar-refractivity contribution is 7.91. The van der Waals surface area contributed by atoms with Gasteiger partial charge in [0.2, 0.25) is 5.75 Å². The van der Waals surface area contributed by atoms with E-state index in [1.807, 2.05) is 19.1 Å². The number of ether oxygens (including phenoxy) is 5. The van der Waals surface area contributed by atoms with Crippen molar-refractivity contribution in [3.63, 3.8) is 0 Å². The topological polar surface area (TPSA) is 101 Å². The molecule has 2 atom stereocenters. The molecule has 0 bridgehead atoms. The van der Waals surface area contributed by atoms with Crippen LogP contribution in [0.3, 0.4) is 0 Å². The number of hydrogen-bond acceptors (Lipinski definition) is 8. The normalized spacial score (nSPS) is 18.0. The van der Waals surface area contributed by atoms with Crippen molar-refractivity contribution < 1.29 is 37.2 Å². The molecule has 1 aliphatic rings. The van der Waals surface area contributed by atoms with E-state index in [0.29, 0.717) is 55.1 Å². The molecule has 0 spiro atoms. The number of hydrogen-bond donors (Lipinski definition) is 1. The lowest BCUT2D eigenvalue weighted by Gasteiger charge is -2.20. The Bertz CT molecular complexity index is 1070. The minimum absolute atomic E-state index is 0.0117. The average Bonchev–Trinajstić information content (AvgIpc) is 3.32. The highest BCUT2D eigenvalue weighted by Gasteiger charge is 2.32. The largest absolute Gasteiger partial charge is 0.504 e. The Hall–Kier alpha value is -2.65. The molecule has 0 amide bonds. The summed E-state index contributed by atoms with van der Waals surface area (Å²) >= 11 is 0. The van der Waals surface area contributed by atoms with Gasteiger partial charge in [-0.3, -0.25) is 0 Å². The maximum Gasteiger partial charge on any atom is 0.203 e. The van der Waals surface area contributed by atoms with Gasteiger partial charge in [-0.2, -0.15) is 0 Å². The fourth-order valence-corrected chi connectivity index (χ4v) is 5.69. The Morgan fingerprint density at radius 2 is 1.47 bits per heavy atom. The van der Waals surface area contributed by atoms with Crippen molar-refractivity contribution in [1.82, 2.24) is 0 Å². The van der Waals surface area contributed by atoms with E-state index in [0.717, 1.165) is 5.56 Å². The average molecular weight is 495 g/mol. The lowest BCUT2D eigenvalue weighted by Crippen LogP contribution is -2.11. The highest BCUT2D eigenvalue weighted by atomic mass is 32.2. The summed E-state index contributed by atoms with van der Waals surface area (Å²) < 4.78 is 54.1. The smallest absolute Gasteiger partial charge is 0.203 e. The molecule has 3 rings (SSSR count). The number of methoxy groups -OCH3 is 3. The molecule has 8 nitrogen and oxygen atoms in total. The molecule has 34 heavy (non-hydrogen) atoms. The fourth-order valence-electron chi connectivity index (χ4n) is 4.17. The molecule has 0 radical (unpaired) electrons. The number of phenolic OH excluding ortho intramolecular Hbond substituents is 1. The molecule has 0 aromatic heterocycles. The van der Waals surface area contributed by atoms with Gasteiger partial charge in [-0.05, 0) is 61.1 Å². The number of rotatable bonds is 11. The molecular weight excluding hydrogens is 460 g/mol. The second kappa shape index (κ2) is 11.2. The van der Waals surface area contributed by atoms with Gasteiger partial charge in [-0.25, -0.2) is 8.42 Å². The van der Waals surface area contributed by atoms with Crippen LogP contribution in [-0.2, 0) is 14.6 Å². The van der Waals surface area contributed by atoms with Gasteiger partial charge < -0.3 is 28.8 Å². The second-order valence-electron chi connectivity index (χ2n) is 8.18. The van der Waals surface area contributed by atoms with Gasteiger partial charge in [-0.1, -0.05) is 13.8 Å². The van der Waals surface area contributed by atoms with Crippen molar-refractivity contribution in [3.05, 3.63) is 35.4 Å². The third-order valence-corrected chi connectivity index (χ3v) is 7.69.